The molecule has 2 N–H and O–H groups in total. The molecule has 1 fully saturated rings. The van der Waals surface area contributed by atoms with Gasteiger partial charge in [-0.3, -0.25) is 23.9 Å². The van der Waals surface area contributed by atoms with Gasteiger partial charge in [0.1, 0.15) is 6.04 Å². The molecule has 1 aromatic heterocycles. The van der Waals surface area contributed by atoms with Crippen LogP contribution >= 0.6 is 23.2 Å². The number of hydrogen-bond donors (Lipinski definition) is 2. The van der Waals surface area contributed by atoms with Crippen molar-refractivity contribution < 1.29 is 14.3 Å². The van der Waals surface area contributed by atoms with Crippen LogP contribution in [-0.2, 0) is 14.3 Å². The molecule has 1 saturated heterocycles. The van der Waals surface area contributed by atoms with Crippen molar-refractivity contribution >= 4 is 51.7 Å². The van der Waals surface area contributed by atoms with Crippen molar-refractivity contribution in [3.8, 4) is 11.1 Å². The number of rotatable bonds is 8. The van der Waals surface area contributed by atoms with Crippen molar-refractivity contribution in [3.63, 3.8) is 0 Å². The highest BCUT2D eigenvalue weighted by molar-refractivity contribution is 6.42. The number of morpholine rings is 1. The zero-order chi connectivity index (χ0) is 29.8. The molecular formula is C31H31Cl2N5O4. The number of amides is 2. The van der Waals surface area contributed by atoms with Gasteiger partial charge in [-0.05, 0) is 47.9 Å². The summed E-state index contributed by atoms with van der Waals surface area (Å²) in [6.45, 7) is 6.52. The van der Waals surface area contributed by atoms with Crippen LogP contribution in [0.15, 0.2) is 71.7 Å². The minimum Gasteiger partial charge on any atom is -0.379 e. The summed E-state index contributed by atoms with van der Waals surface area (Å²) in [6.07, 6.45) is 1.18. The van der Waals surface area contributed by atoms with Crippen molar-refractivity contribution in [1.29, 1.82) is 0 Å². The molecule has 0 radical (unpaired) electrons. The Balaban J connectivity index is 1.40. The molecule has 2 heterocycles. The van der Waals surface area contributed by atoms with E-state index in [1.165, 1.54) is 17.7 Å². The van der Waals surface area contributed by atoms with Gasteiger partial charge in [-0.25, -0.2) is 4.98 Å². The van der Waals surface area contributed by atoms with Gasteiger partial charge in [-0.15, -0.1) is 0 Å². The summed E-state index contributed by atoms with van der Waals surface area (Å²) in [5.74, 6) is -0.434. The normalized spacial score (nSPS) is 15.2. The van der Waals surface area contributed by atoms with Crippen LogP contribution in [0.5, 0.6) is 0 Å². The highest BCUT2D eigenvalue weighted by atomic mass is 35.5. The highest BCUT2D eigenvalue weighted by Crippen LogP contribution is 2.28. The number of ether oxygens (including phenoxy) is 1. The smallest absolute Gasteiger partial charge is 0.270 e. The van der Waals surface area contributed by atoms with Crippen molar-refractivity contribution in [3.05, 3.63) is 92.8 Å². The number of anilines is 1. The highest BCUT2D eigenvalue weighted by Gasteiger charge is 2.25. The molecule has 0 bridgehead atoms. The lowest BCUT2D eigenvalue weighted by atomic mass is 9.99. The summed E-state index contributed by atoms with van der Waals surface area (Å²) in [5.41, 5.74) is 4.15. The second-order valence-corrected chi connectivity index (χ2v) is 11.1. The Labute approximate surface area is 253 Å². The lowest BCUT2D eigenvalue weighted by Crippen LogP contribution is -2.45. The van der Waals surface area contributed by atoms with Gasteiger partial charge in [0.25, 0.3) is 5.56 Å². The Morgan fingerprint density at radius 2 is 1.60 bits per heavy atom. The van der Waals surface area contributed by atoms with Crippen LogP contribution in [0.1, 0.15) is 31.5 Å². The largest absolute Gasteiger partial charge is 0.379 e. The number of benzene rings is 3. The summed E-state index contributed by atoms with van der Waals surface area (Å²) in [5, 5.41) is 6.54. The Bertz CT molecular complexity index is 1650. The van der Waals surface area contributed by atoms with Crippen LogP contribution in [0, 0.1) is 0 Å². The van der Waals surface area contributed by atoms with Gasteiger partial charge in [0, 0.05) is 32.2 Å². The predicted octanol–water partition coefficient (Wildman–Crippen LogP) is 5.08. The third-order valence-electron chi connectivity index (χ3n) is 7.31. The summed E-state index contributed by atoms with van der Waals surface area (Å²) >= 11 is 12.4. The fourth-order valence-corrected chi connectivity index (χ4v) is 5.39. The molecule has 218 valence electrons. The zero-order valence-electron chi connectivity index (χ0n) is 23.3. The summed E-state index contributed by atoms with van der Waals surface area (Å²) < 4.78 is 6.90. The Morgan fingerprint density at radius 1 is 0.976 bits per heavy atom. The third kappa shape index (κ3) is 6.82. The molecule has 0 spiro atoms. The van der Waals surface area contributed by atoms with E-state index in [2.05, 4.69) is 20.5 Å². The van der Waals surface area contributed by atoms with Gasteiger partial charge < -0.3 is 15.4 Å². The van der Waals surface area contributed by atoms with Gasteiger partial charge in [0.2, 0.25) is 11.8 Å². The first-order valence-corrected chi connectivity index (χ1v) is 14.4. The molecule has 9 nitrogen and oxygen atoms in total. The Hall–Kier alpha value is -3.76. The average Bonchev–Trinajstić information content (AvgIpc) is 2.98. The maximum absolute atomic E-state index is 13.7. The van der Waals surface area contributed by atoms with E-state index in [1.807, 2.05) is 48.5 Å². The van der Waals surface area contributed by atoms with Gasteiger partial charge in [0.15, 0.2) is 0 Å². The molecule has 2 amide bonds. The van der Waals surface area contributed by atoms with Crippen LogP contribution < -0.4 is 16.2 Å². The zero-order valence-corrected chi connectivity index (χ0v) is 24.8. The number of halogens is 2. The summed E-state index contributed by atoms with van der Waals surface area (Å²) in [4.78, 5) is 44.3. The predicted molar refractivity (Wildman–Crippen MR) is 165 cm³/mol. The number of fused-ring (bicyclic) bond motifs is 1. The Kier molecular flexibility index (Phi) is 9.23. The van der Waals surface area contributed by atoms with E-state index in [0.717, 1.165) is 35.5 Å². The maximum atomic E-state index is 13.7. The molecule has 42 heavy (non-hydrogen) atoms. The molecular weight excluding hydrogens is 577 g/mol. The number of nitrogens with one attached hydrogen (secondary N) is 2. The summed E-state index contributed by atoms with van der Waals surface area (Å²) in [7, 11) is 0. The molecule has 5 rings (SSSR count). The van der Waals surface area contributed by atoms with Crippen LogP contribution in [0.2, 0.25) is 10.0 Å². The number of carbonyl (C=O) groups is 2. The molecule has 11 heteroatoms. The van der Waals surface area contributed by atoms with Crippen LogP contribution in [0.4, 0.5) is 5.69 Å². The van der Waals surface area contributed by atoms with E-state index < -0.39 is 11.6 Å². The van der Waals surface area contributed by atoms with E-state index in [0.29, 0.717) is 35.8 Å². The number of aromatic nitrogens is 2. The van der Waals surface area contributed by atoms with Gasteiger partial charge in [0.05, 0.1) is 46.5 Å². The molecule has 2 atom stereocenters. The molecule has 4 aromatic rings. The average molecular weight is 609 g/mol. The first kappa shape index (κ1) is 29.7. The van der Waals surface area contributed by atoms with E-state index in [9.17, 15) is 14.4 Å². The minimum absolute atomic E-state index is 0.120. The fourth-order valence-electron chi connectivity index (χ4n) is 5.07. The third-order valence-corrected chi connectivity index (χ3v) is 8.03. The van der Waals surface area contributed by atoms with E-state index >= 15 is 0 Å². The molecule has 2 unspecified atom stereocenters. The van der Waals surface area contributed by atoms with Crippen LogP contribution in [-0.4, -0.2) is 59.1 Å². The first-order chi connectivity index (χ1) is 20.2. The first-order valence-electron chi connectivity index (χ1n) is 13.6. The Morgan fingerprint density at radius 3 is 2.24 bits per heavy atom. The number of carbonyl (C=O) groups excluding carboxylic acids is 2. The monoisotopic (exact) mass is 607 g/mol. The topological polar surface area (TPSA) is 106 Å². The van der Waals surface area contributed by atoms with Gasteiger partial charge >= 0.3 is 0 Å². The lowest BCUT2D eigenvalue weighted by molar-refractivity contribution is -0.124. The second kappa shape index (κ2) is 13.0. The van der Waals surface area contributed by atoms with Crippen molar-refractivity contribution in [1.82, 2.24) is 19.8 Å². The molecule has 1 aliphatic heterocycles. The second-order valence-electron chi connectivity index (χ2n) is 10.3. The van der Waals surface area contributed by atoms with Crippen LogP contribution in [0.25, 0.3) is 22.2 Å². The van der Waals surface area contributed by atoms with Crippen molar-refractivity contribution in [2.24, 2.45) is 0 Å². The standard InChI is InChI=1S/C31H31Cl2N5O4/c1-19(38-29-16-26(33)25(32)15-27(29)34-17-30(38)40)31(41)36-28(18-37-11-13-42-14-12-37)23-5-3-21(4-6-23)22-7-9-24(10-8-22)35-20(2)39/h3-10,15-17,19,28H,11-14,18H2,1-2H3,(H,35,39)(H,36,41). The van der Waals surface area contributed by atoms with E-state index in [4.69, 9.17) is 27.9 Å². The van der Waals surface area contributed by atoms with Gasteiger partial charge in [-0.2, -0.15) is 0 Å². The van der Waals surface area contributed by atoms with Gasteiger partial charge in [-0.1, -0.05) is 59.6 Å². The molecule has 1 aliphatic rings. The van der Waals surface area contributed by atoms with E-state index in [1.54, 1.807) is 19.1 Å². The molecule has 0 aliphatic carbocycles. The summed E-state index contributed by atoms with van der Waals surface area (Å²) in [6, 6.07) is 17.6. The fraction of sp³-hybridized carbons (Fsp3) is 0.290. The van der Waals surface area contributed by atoms with Crippen molar-refractivity contribution in [2.45, 2.75) is 25.9 Å². The van der Waals surface area contributed by atoms with Crippen molar-refractivity contribution in [2.75, 3.05) is 38.2 Å². The number of hydrogen-bond acceptors (Lipinski definition) is 6. The quantitative estimate of drug-likeness (QED) is 0.289. The minimum atomic E-state index is -0.839. The SMILES string of the molecule is CC(=O)Nc1ccc(-c2ccc(C(CN3CCOCC3)NC(=O)C(C)n3c(=O)cnc4cc(Cl)c(Cl)cc43)cc2)cc1. The van der Waals surface area contributed by atoms with Crippen LogP contribution in [0.3, 0.4) is 0 Å². The maximum Gasteiger partial charge on any atom is 0.270 e. The lowest BCUT2D eigenvalue weighted by Gasteiger charge is -2.32. The number of nitrogens with zero attached hydrogens (tertiary/aromatic N) is 3. The van der Waals surface area contributed by atoms with E-state index in [-0.39, 0.29) is 22.9 Å². The molecule has 3 aromatic carbocycles. The molecule has 0 saturated carbocycles.